The Labute approximate surface area is 62.0 Å². The molecule has 6 atom stereocenters. The van der Waals surface area contributed by atoms with Crippen LogP contribution < -0.4 is 0 Å². The third-order valence-corrected chi connectivity index (χ3v) is 5.38. The first kappa shape index (κ1) is 4.79. The van der Waals surface area contributed by atoms with Gasteiger partial charge in [0.1, 0.15) is 0 Å². The monoisotopic (exact) mass is 134 g/mol. The van der Waals surface area contributed by atoms with Gasteiger partial charge in [0.05, 0.1) is 0 Å². The minimum atomic E-state index is 0.992. The van der Waals surface area contributed by atoms with Gasteiger partial charge in [-0.1, -0.05) is 6.92 Å². The van der Waals surface area contributed by atoms with Crippen LogP contribution in [0.25, 0.3) is 0 Å². The fourth-order valence-corrected chi connectivity index (χ4v) is 4.54. The lowest BCUT2D eigenvalue weighted by Gasteiger charge is -2.35. The SMILES string of the molecule is C[C@@H]1[C@H]2CC[C@H]2[C@H]2C3CC312. The summed E-state index contributed by atoms with van der Waals surface area (Å²) in [7, 11) is 0. The molecule has 0 bridgehead atoms. The molecule has 0 amide bonds. The van der Waals surface area contributed by atoms with Crippen molar-refractivity contribution in [2.45, 2.75) is 26.2 Å². The summed E-state index contributed by atoms with van der Waals surface area (Å²) >= 11 is 0. The Hall–Kier alpha value is 0. The summed E-state index contributed by atoms with van der Waals surface area (Å²) in [5.41, 5.74) is 0.992. The highest BCUT2D eigenvalue weighted by atomic mass is 14.9. The van der Waals surface area contributed by atoms with Crippen LogP contribution in [0.4, 0.5) is 0 Å². The fraction of sp³-hybridized carbons (Fsp3) is 1.00. The van der Waals surface area contributed by atoms with E-state index in [1.54, 1.807) is 19.3 Å². The van der Waals surface area contributed by atoms with E-state index in [1.165, 1.54) is 23.7 Å². The second-order valence-electron chi connectivity index (χ2n) is 5.14. The smallest absolute Gasteiger partial charge is 0.0201 e. The quantitative estimate of drug-likeness (QED) is 0.477. The molecule has 0 aromatic heterocycles. The van der Waals surface area contributed by atoms with Crippen molar-refractivity contribution in [1.82, 2.24) is 0 Å². The molecule has 0 aromatic rings. The summed E-state index contributed by atoms with van der Waals surface area (Å²) in [6.45, 7) is 2.53. The van der Waals surface area contributed by atoms with E-state index in [1.807, 2.05) is 0 Å². The Kier molecular flexibility index (Phi) is 0.479. The largest absolute Gasteiger partial charge is 0.0617 e. The van der Waals surface area contributed by atoms with Gasteiger partial charge >= 0.3 is 0 Å². The number of hydrogen-bond donors (Lipinski definition) is 0. The lowest BCUT2D eigenvalue weighted by atomic mass is 9.70. The van der Waals surface area contributed by atoms with Crippen molar-refractivity contribution in [2.24, 2.45) is 35.0 Å². The van der Waals surface area contributed by atoms with Crippen molar-refractivity contribution < 1.29 is 0 Å². The maximum atomic E-state index is 2.53. The van der Waals surface area contributed by atoms with E-state index in [-0.39, 0.29) is 0 Å². The maximum Gasteiger partial charge on any atom is -0.0201 e. The van der Waals surface area contributed by atoms with E-state index in [4.69, 9.17) is 0 Å². The molecule has 10 heavy (non-hydrogen) atoms. The zero-order valence-electron chi connectivity index (χ0n) is 6.51. The molecule has 4 aliphatic carbocycles. The Balaban J connectivity index is 1.84. The van der Waals surface area contributed by atoms with Gasteiger partial charge in [0, 0.05) is 0 Å². The van der Waals surface area contributed by atoms with Gasteiger partial charge < -0.3 is 0 Å². The van der Waals surface area contributed by atoms with Crippen LogP contribution in [-0.4, -0.2) is 0 Å². The summed E-state index contributed by atoms with van der Waals surface area (Å²) in [5, 5.41) is 0. The first-order valence-corrected chi connectivity index (χ1v) is 4.86. The minimum Gasteiger partial charge on any atom is -0.0617 e. The Morgan fingerprint density at radius 1 is 1.20 bits per heavy atom. The summed E-state index contributed by atoms with van der Waals surface area (Å²) in [6.07, 6.45) is 4.81. The van der Waals surface area contributed by atoms with Gasteiger partial charge in [-0.05, 0) is 54.3 Å². The zero-order valence-corrected chi connectivity index (χ0v) is 6.51. The highest BCUT2D eigenvalue weighted by Crippen LogP contribution is 2.93. The minimum absolute atomic E-state index is 0.992. The molecule has 0 heterocycles. The Morgan fingerprint density at radius 2 is 2.00 bits per heavy atom. The lowest BCUT2D eigenvalue weighted by molar-refractivity contribution is 0.139. The van der Waals surface area contributed by atoms with Gasteiger partial charge in [-0.15, -0.1) is 0 Å². The van der Waals surface area contributed by atoms with Crippen molar-refractivity contribution >= 4 is 0 Å². The highest BCUT2D eigenvalue weighted by Gasteiger charge is 2.87. The molecule has 0 saturated heterocycles. The maximum absolute atomic E-state index is 2.53. The standard InChI is InChI=1S/C10H14/c1-5-6-2-3-7(6)9-8-4-10(5,8)9/h5-9H,2-4H2,1H3/t5-,6-,7-,8?,9+,10?/m1/s1. The van der Waals surface area contributed by atoms with Crippen molar-refractivity contribution in [1.29, 1.82) is 0 Å². The molecular weight excluding hydrogens is 120 g/mol. The highest BCUT2D eigenvalue weighted by molar-refractivity contribution is 5.35. The summed E-state index contributed by atoms with van der Waals surface area (Å²) in [6, 6.07) is 0. The molecule has 0 radical (unpaired) electrons. The van der Waals surface area contributed by atoms with Crippen LogP contribution >= 0.6 is 0 Å². The average molecular weight is 134 g/mol. The molecule has 1 spiro atoms. The van der Waals surface area contributed by atoms with E-state index < -0.39 is 0 Å². The van der Waals surface area contributed by atoms with Crippen LogP contribution in [0.2, 0.25) is 0 Å². The molecule has 0 aliphatic heterocycles. The molecule has 0 N–H and O–H groups in total. The van der Waals surface area contributed by atoms with Crippen LogP contribution in [-0.2, 0) is 0 Å². The van der Waals surface area contributed by atoms with Gasteiger partial charge in [-0.2, -0.15) is 0 Å². The molecule has 0 aromatic carbocycles. The van der Waals surface area contributed by atoms with E-state index >= 15 is 0 Å². The second-order valence-corrected chi connectivity index (χ2v) is 5.14. The normalized spacial score (nSPS) is 80.7. The van der Waals surface area contributed by atoms with Crippen LogP contribution in [0.1, 0.15) is 26.2 Å². The van der Waals surface area contributed by atoms with Crippen LogP contribution in [0.3, 0.4) is 0 Å². The number of fused-ring (bicyclic) bond motifs is 3. The van der Waals surface area contributed by atoms with Gasteiger partial charge in [0.15, 0.2) is 0 Å². The predicted octanol–water partition coefficient (Wildman–Crippen LogP) is 2.30. The second kappa shape index (κ2) is 1.00. The van der Waals surface area contributed by atoms with Gasteiger partial charge in [-0.25, -0.2) is 0 Å². The summed E-state index contributed by atoms with van der Waals surface area (Å²) in [4.78, 5) is 0. The van der Waals surface area contributed by atoms with Crippen molar-refractivity contribution in [3.05, 3.63) is 0 Å². The molecule has 4 saturated carbocycles. The van der Waals surface area contributed by atoms with E-state index in [0.29, 0.717) is 0 Å². The van der Waals surface area contributed by atoms with Gasteiger partial charge in [0.25, 0.3) is 0 Å². The molecular formula is C10H14. The molecule has 0 heteroatoms. The Bertz CT molecular complexity index is 213. The summed E-state index contributed by atoms with van der Waals surface area (Å²) < 4.78 is 0. The van der Waals surface area contributed by atoms with E-state index in [2.05, 4.69) is 6.92 Å². The van der Waals surface area contributed by atoms with Gasteiger partial charge in [-0.3, -0.25) is 0 Å². The number of rotatable bonds is 0. The third-order valence-electron chi connectivity index (χ3n) is 5.38. The molecule has 2 unspecified atom stereocenters. The molecule has 4 rings (SSSR count). The Morgan fingerprint density at radius 3 is 2.40 bits per heavy atom. The first-order chi connectivity index (χ1) is 4.86. The first-order valence-electron chi connectivity index (χ1n) is 4.86. The summed E-state index contributed by atoms with van der Waals surface area (Å²) in [5.74, 6) is 6.09. The topological polar surface area (TPSA) is 0 Å². The third kappa shape index (κ3) is 0.245. The zero-order chi connectivity index (χ0) is 6.51. The number of hydrogen-bond acceptors (Lipinski definition) is 0. The lowest BCUT2D eigenvalue weighted by Crippen LogP contribution is -2.27. The molecule has 0 nitrogen and oxygen atoms in total. The average Bonchev–Trinajstić information content (AvgIpc) is 2.60. The van der Waals surface area contributed by atoms with Crippen molar-refractivity contribution in [3.63, 3.8) is 0 Å². The molecule has 4 aliphatic rings. The fourth-order valence-electron chi connectivity index (χ4n) is 4.54. The molecule has 54 valence electrons. The van der Waals surface area contributed by atoms with Crippen LogP contribution in [0.5, 0.6) is 0 Å². The van der Waals surface area contributed by atoms with E-state index in [0.717, 1.165) is 11.3 Å². The van der Waals surface area contributed by atoms with Crippen LogP contribution in [0.15, 0.2) is 0 Å². The van der Waals surface area contributed by atoms with Crippen molar-refractivity contribution in [2.75, 3.05) is 0 Å². The van der Waals surface area contributed by atoms with Crippen LogP contribution in [0, 0.1) is 35.0 Å². The predicted molar refractivity (Wildman–Crippen MR) is 39.4 cm³/mol. The van der Waals surface area contributed by atoms with Crippen molar-refractivity contribution in [3.8, 4) is 0 Å². The molecule has 4 fully saturated rings. The van der Waals surface area contributed by atoms with Gasteiger partial charge in [0.2, 0.25) is 0 Å². The van der Waals surface area contributed by atoms with E-state index in [9.17, 15) is 0 Å².